The Labute approximate surface area is 99.4 Å². The van der Waals surface area contributed by atoms with Crippen molar-refractivity contribution in [3.05, 3.63) is 48.3 Å². The second-order valence-corrected chi connectivity index (χ2v) is 4.38. The number of aromatic nitrogens is 1. The molecule has 2 nitrogen and oxygen atoms in total. The molecule has 82 valence electrons. The van der Waals surface area contributed by atoms with E-state index < -0.39 is 0 Å². The van der Waals surface area contributed by atoms with E-state index in [2.05, 4.69) is 17.3 Å². The smallest absolute Gasteiger partial charge is 0.115 e. The standard InChI is InChI=1S/C13H13NOS/c1-16-9-12-8-11(6-7-14-12)10-2-4-13(15)5-3-10/h2-8,15H,9H2,1H3. The van der Waals surface area contributed by atoms with Gasteiger partial charge in [-0.2, -0.15) is 11.8 Å². The summed E-state index contributed by atoms with van der Waals surface area (Å²) in [6, 6.07) is 11.3. The average Bonchev–Trinajstić information content (AvgIpc) is 2.31. The van der Waals surface area contributed by atoms with Crippen molar-refractivity contribution in [1.29, 1.82) is 0 Å². The van der Waals surface area contributed by atoms with Crippen LogP contribution in [0.15, 0.2) is 42.6 Å². The van der Waals surface area contributed by atoms with E-state index in [9.17, 15) is 5.11 Å². The lowest BCUT2D eigenvalue weighted by Gasteiger charge is -2.04. The van der Waals surface area contributed by atoms with Crippen LogP contribution in [0.2, 0.25) is 0 Å². The Morgan fingerprint density at radius 2 is 1.88 bits per heavy atom. The van der Waals surface area contributed by atoms with E-state index in [1.165, 1.54) is 0 Å². The first-order chi connectivity index (χ1) is 7.79. The van der Waals surface area contributed by atoms with Crippen LogP contribution in [0.3, 0.4) is 0 Å². The zero-order chi connectivity index (χ0) is 11.4. The Balaban J connectivity index is 2.32. The molecule has 0 atom stereocenters. The third-order valence-corrected chi connectivity index (χ3v) is 2.89. The first kappa shape index (κ1) is 11.0. The summed E-state index contributed by atoms with van der Waals surface area (Å²) in [7, 11) is 0. The SMILES string of the molecule is CSCc1cc(-c2ccc(O)cc2)ccn1. The maximum absolute atomic E-state index is 9.23. The van der Waals surface area contributed by atoms with Gasteiger partial charge in [-0.1, -0.05) is 12.1 Å². The molecule has 1 heterocycles. The molecule has 1 N–H and O–H groups in total. The van der Waals surface area contributed by atoms with Crippen LogP contribution in [-0.2, 0) is 5.75 Å². The number of pyridine rings is 1. The molecule has 0 amide bonds. The summed E-state index contributed by atoms with van der Waals surface area (Å²) in [5.74, 6) is 1.22. The summed E-state index contributed by atoms with van der Waals surface area (Å²) >= 11 is 1.76. The highest BCUT2D eigenvalue weighted by atomic mass is 32.2. The number of benzene rings is 1. The monoisotopic (exact) mass is 231 g/mol. The van der Waals surface area contributed by atoms with E-state index in [-0.39, 0.29) is 0 Å². The molecule has 1 aromatic heterocycles. The molecule has 2 rings (SSSR count). The fraction of sp³-hybridized carbons (Fsp3) is 0.154. The molecule has 0 saturated carbocycles. The molecule has 2 aromatic rings. The van der Waals surface area contributed by atoms with Gasteiger partial charge < -0.3 is 5.11 Å². The van der Waals surface area contributed by atoms with Crippen LogP contribution in [-0.4, -0.2) is 16.3 Å². The number of thioether (sulfide) groups is 1. The fourth-order valence-electron chi connectivity index (χ4n) is 1.54. The van der Waals surface area contributed by atoms with Crippen molar-refractivity contribution in [3.8, 4) is 16.9 Å². The van der Waals surface area contributed by atoms with E-state index in [0.29, 0.717) is 5.75 Å². The lowest BCUT2D eigenvalue weighted by atomic mass is 10.1. The predicted molar refractivity (Wildman–Crippen MR) is 68.6 cm³/mol. The van der Waals surface area contributed by atoms with Crippen molar-refractivity contribution >= 4 is 11.8 Å². The van der Waals surface area contributed by atoms with Gasteiger partial charge in [-0.25, -0.2) is 0 Å². The topological polar surface area (TPSA) is 33.1 Å². The van der Waals surface area contributed by atoms with Crippen molar-refractivity contribution in [2.24, 2.45) is 0 Å². The summed E-state index contributed by atoms with van der Waals surface area (Å²) in [6.45, 7) is 0. The minimum atomic E-state index is 0.294. The van der Waals surface area contributed by atoms with E-state index in [4.69, 9.17) is 0 Å². The Morgan fingerprint density at radius 1 is 1.12 bits per heavy atom. The maximum atomic E-state index is 9.23. The second-order valence-electron chi connectivity index (χ2n) is 3.52. The third kappa shape index (κ3) is 2.55. The van der Waals surface area contributed by atoms with Gasteiger partial charge in [0.2, 0.25) is 0 Å². The highest BCUT2D eigenvalue weighted by Crippen LogP contribution is 2.22. The third-order valence-electron chi connectivity index (χ3n) is 2.31. The summed E-state index contributed by atoms with van der Waals surface area (Å²) in [4.78, 5) is 4.30. The second kappa shape index (κ2) is 5.03. The van der Waals surface area contributed by atoms with Crippen LogP contribution in [0.5, 0.6) is 5.75 Å². The normalized spacial score (nSPS) is 10.3. The van der Waals surface area contributed by atoms with E-state index in [0.717, 1.165) is 22.6 Å². The van der Waals surface area contributed by atoms with Crippen molar-refractivity contribution in [1.82, 2.24) is 4.98 Å². The number of phenols is 1. The molecule has 1 aromatic carbocycles. The molecular weight excluding hydrogens is 218 g/mol. The zero-order valence-corrected chi connectivity index (χ0v) is 9.87. The molecule has 0 unspecified atom stereocenters. The van der Waals surface area contributed by atoms with Crippen LogP contribution in [0.25, 0.3) is 11.1 Å². The van der Waals surface area contributed by atoms with Crippen LogP contribution in [0.4, 0.5) is 0 Å². The van der Waals surface area contributed by atoms with Gasteiger partial charge in [-0.3, -0.25) is 4.98 Å². The zero-order valence-electron chi connectivity index (χ0n) is 9.05. The Bertz CT molecular complexity index is 468. The highest BCUT2D eigenvalue weighted by molar-refractivity contribution is 7.97. The summed E-state index contributed by atoms with van der Waals surface area (Å²) in [5.41, 5.74) is 3.32. The number of hydrogen-bond acceptors (Lipinski definition) is 3. The van der Waals surface area contributed by atoms with Crippen LogP contribution >= 0.6 is 11.8 Å². The number of nitrogens with zero attached hydrogens (tertiary/aromatic N) is 1. The first-order valence-corrected chi connectivity index (χ1v) is 6.42. The molecule has 16 heavy (non-hydrogen) atoms. The fourth-order valence-corrected chi connectivity index (χ4v) is 1.99. The minimum absolute atomic E-state index is 0.294. The average molecular weight is 231 g/mol. The van der Waals surface area contributed by atoms with Gasteiger partial charge in [0, 0.05) is 11.9 Å². The lowest BCUT2D eigenvalue weighted by molar-refractivity contribution is 0.475. The predicted octanol–water partition coefficient (Wildman–Crippen LogP) is 3.32. The molecule has 0 saturated heterocycles. The minimum Gasteiger partial charge on any atom is -0.508 e. The van der Waals surface area contributed by atoms with E-state index >= 15 is 0 Å². The summed E-state index contributed by atoms with van der Waals surface area (Å²) < 4.78 is 0. The largest absolute Gasteiger partial charge is 0.508 e. The molecule has 3 heteroatoms. The van der Waals surface area contributed by atoms with Crippen LogP contribution < -0.4 is 0 Å². The highest BCUT2D eigenvalue weighted by Gasteiger charge is 2.00. The first-order valence-electron chi connectivity index (χ1n) is 5.03. The van der Waals surface area contributed by atoms with Gasteiger partial charge in [0.15, 0.2) is 0 Å². The number of aromatic hydroxyl groups is 1. The molecule has 0 aliphatic rings. The molecule has 0 radical (unpaired) electrons. The van der Waals surface area contributed by atoms with Crippen molar-refractivity contribution in [2.45, 2.75) is 5.75 Å². The van der Waals surface area contributed by atoms with Gasteiger partial charge in [0.05, 0.1) is 5.69 Å². The van der Waals surface area contributed by atoms with Crippen LogP contribution in [0.1, 0.15) is 5.69 Å². The number of rotatable bonds is 3. The summed E-state index contributed by atoms with van der Waals surface area (Å²) in [5, 5.41) is 9.23. The van der Waals surface area contributed by atoms with Gasteiger partial charge in [0.1, 0.15) is 5.75 Å². The quantitative estimate of drug-likeness (QED) is 0.879. The molecule has 0 bridgehead atoms. The van der Waals surface area contributed by atoms with Crippen molar-refractivity contribution in [3.63, 3.8) is 0 Å². The Kier molecular flexibility index (Phi) is 3.47. The summed E-state index contributed by atoms with van der Waals surface area (Å²) in [6.07, 6.45) is 3.89. The maximum Gasteiger partial charge on any atom is 0.115 e. The lowest BCUT2D eigenvalue weighted by Crippen LogP contribution is -1.87. The molecule has 0 aliphatic heterocycles. The molecule has 0 aliphatic carbocycles. The van der Waals surface area contributed by atoms with E-state index in [1.807, 2.05) is 24.4 Å². The van der Waals surface area contributed by atoms with Crippen LogP contribution in [0, 0.1) is 0 Å². The molecular formula is C13H13NOS. The number of phenolic OH excluding ortho intramolecular Hbond substituents is 1. The van der Waals surface area contributed by atoms with Crippen molar-refractivity contribution in [2.75, 3.05) is 6.26 Å². The van der Waals surface area contributed by atoms with Crippen molar-refractivity contribution < 1.29 is 5.11 Å². The molecule has 0 fully saturated rings. The Morgan fingerprint density at radius 3 is 2.56 bits per heavy atom. The van der Waals surface area contributed by atoms with E-state index in [1.54, 1.807) is 23.9 Å². The molecule has 0 spiro atoms. The van der Waals surface area contributed by atoms with Gasteiger partial charge in [-0.15, -0.1) is 0 Å². The number of hydrogen-bond donors (Lipinski definition) is 1. The van der Waals surface area contributed by atoms with Gasteiger partial charge >= 0.3 is 0 Å². The van der Waals surface area contributed by atoms with Gasteiger partial charge in [-0.05, 0) is 41.6 Å². The Hall–Kier alpha value is -1.48. The van der Waals surface area contributed by atoms with Gasteiger partial charge in [0.25, 0.3) is 0 Å².